The van der Waals surface area contributed by atoms with Gasteiger partial charge in [0.2, 0.25) is 0 Å². The fourth-order valence-corrected chi connectivity index (χ4v) is 2.92. The molecule has 2 heterocycles. The Balaban J connectivity index is 1.95. The molecule has 0 aliphatic heterocycles. The summed E-state index contributed by atoms with van der Waals surface area (Å²) in [6.45, 7) is 1.98. The SMILES string of the molecule is Cc1c(-c2csc(CC(=O)O)n2)cnn1-c1ccccc1. The van der Waals surface area contributed by atoms with Crippen LogP contribution >= 0.6 is 11.3 Å². The summed E-state index contributed by atoms with van der Waals surface area (Å²) in [6.07, 6.45) is 1.72. The number of hydrogen-bond acceptors (Lipinski definition) is 4. The second kappa shape index (κ2) is 5.49. The van der Waals surface area contributed by atoms with Gasteiger partial charge in [0, 0.05) is 10.9 Å². The van der Waals surface area contributed by atoms with Crippen LogP contribution in [-0.4, -0.2) is 25.8 Å². The standard InChI is InChI=1S/C15H13N3O2S/c1-10-12(13-9-21-14(17-13)7-15(19)20)8-16-18(10)11-5-3-2-4-6-11/h2-6,8-9H,7H2,1H3,(H,19,20). The largest absolute Gasteiger partial charge is 0.481 e. The highest BCUT2D eigenvalue weighted by Crippen LogP contribution is 2.26. The Hall–Kier alpha value is -2.47. The average molecular weight is 299 g/mol. The van der Waals surface area contributed by atoms with Crippen LogP contribution in [0.25, 0.3) is 16.9 Å². The molecule has 106 valence electrons. The lowest BCUT2D eigenvalue weighted by atomic mass is 10.2. The monoisotopic (exact) mass is 299 g/mol. The van der Waals surface area contributed by atoms with Crippen LogP contribution in [0.4, 0.5) is 0 Å². The molecule has 6 heteroatoms. The average Bonchev–Trinajstić information content (AvgIpc) is 3.06. The second-order valence-corrected chi connectivity index (χ2v) is 5.53. The van der Waals surface area contributed by atoms with E-state index in [0.717, 1.165) is 22.6 Å². The molecule has 5 nitrogen and oxygen atoms in total. The molecule has 0 fully saturated rings. The highest BCUT2D eigenvalue weighted by molar-refractivity contribution is 7.10. The smallest absolute Gasteiger partial charge is 0.310 e. The van der Waals surface area contributed by atoms with Crippen molar-refractivity contribution in [1.82, 2.24) is 14.8 Å². The number of thiazole rings is 1. The molecule has 21 heavy (non-hydrogen) atoms. The summed E-state index contributed by atoms with van der Waals surface area (Å²) in [5.41, 5.74) is 3.67. The van der Waals surface area contributed by atoms with Gasteiger partial charge in [0.1, 0.15) is 5.01 Å². The zero-order chi connectivity index (χ0) is 14.8. The van der Waals surface area contributed by atoms with Gasteiger partial charge in [-0.1, -0.05) is 18.2 Å². The molecule has 3 rings (SSSR count). The minimum absolute atomic E-state index is 0.0451. The molecule has 0 aliphatic rings. The molecule has 0 saturated heterocycles. The van der Waals surface area contributed by atoms with E-state index in [-0.39, 0.29) is 6.42 Å². The fraction of sp³-hybridized carbons (Fsp3) is 0.133. The first-order valence-corrected chi connectivity index (χ1v) is 7.29. The number of carbonyl (C=O) groups is 1. The first kappa shape index (κ1) is 13.5. The maximum atomic E-state index is 10.7. The van der Waals surface area contributed by atoms with Crippen molar-refractivity contribution in [3.63, 3.8) is 0 Å². The molecule has 1 N–H and O–H groups in total. The second-order valence-electron chi connectivity index (χ2n) is 4.59. The summed E-state index contributed by atoms with van der Waals surface area (Å²) in [7, 11) is 0. The van der Waals surface area contributed by atoms with Crippen LogP contribution in [0.2, 0.25) is 0 Å². The van der Waals surface area contributed by atoms with Crippen molar-refractivity contribution in [1.29, 1.82) is 0 Å². The van der Waals surface area contributed by atoms with Gasteiger partial charge in [0.15, 0.2) is 0 Å². The molecule has 0 aliphatic carbocycles. The molecule has 2 aromatic heterocycles. The topological polar surface area (TPSA) is 68.0 Å². The maximum absolute atomic E-state index is 10.7. The number of carboxylic acid groups (broad SMARTS) is 1. The maximum Gasteiger partial charge on any atom is 0.310 e. The van der Waals surface area contributed by atoms with E-state index in [9.17, 15) is 4.79 Å². The lowest BCUT2D eigenvalue weighted by Gasteiger charge is -2.04. The Morgan fingerprint density at radius 2 is 2.10 bits per heavy atom. The number of nitrogens with zero attached hydrogens (tertiary/aromatic N) is 3. The highest BCUT2D eigenvalue weighted by Gasteiger charge is 2.14. The number of rotatable bonds is 4. The van der Waals surface area contributed by atoms with Crippen LogP contribution in [-0.2, 0) is 11.2 Å². The highest BCUT2D eigenvalue weighted by atomic mass is 32.1. The predicted molar refractivity (Wildman–Crippen MR) is 80.7 cm³/mol. The van der Waals surface area contributed by atoms with E-state index in [0.29, 0.717) is 5.01 Å². The zero-order valence-electron chi connectivity index (χ0n) is 11.4. The van der Waals surface area contributed by atoms with Gasteiger partial charge in [0.25, 0.3) is 0 Å². The Kier molecular flexibility index (Phi) is 3.53. The van der Waals surface area contributed by atoms with Gasteiger partial charge in [-0.15, -0.1) is 11.3 Å². The van der Waals surface area contributed by atoms with E-state index >= 15 is 0 Å². The summed E-state index contributed by atoms with van der Waals surface area (Å²) in [4.78, 5) is 15.1. The molecule has 0 radical (unpaired) electrons. The molecule has 0 saturated carbocycles. The van der Waals surface area contributed by atoms with Crippen molar-refractivity contribution >= 4 is 17.3 Å². The van der Waals surface area contributed by atoms with E-state index in [1.54, 1.807) is 6.20 Å². The molecule has 0 bridgehead atoms. The fourth-order valence-electron chi connectivity index (χ4n) is 2.14. The molecule has 0 unspecified atom stereocenters. The Labute approximate surface area is 125 Å². The van der Waals surface area contributed by atoms with Crippen molar-refractivity contribution in [3.05, 3.63) is 52.6 Å². The summed E-state index contributed by atoms with van der Waals surface area (Å²) >= 11 is 1.36. The molecule has 1 aromatic carbocycles. The van der Waals surface area contributed by atoms with Crippen molar-refractivity contribution in [3.8, 4) is 16.9 Å². The quantitative estimate of drug-likeness (QED) is 0.804. The molecule has 0 amide bonds. The molecule has 0 spiro atoms. The number of hydrogen-bond donors (Lipinski definition) is 1. The van der Waals surface area contributed by atoms with Gasteiger partial charge in [-0.25, -0.2) is 9.67 Å². The summed E-state index contributed by atoms with van der Waals surface area (Å²) in [6, 6.07) is 9.86. The number of benzene rings is 1. The normalized spacial score (nSPS) is 10.7. The van der Waals surface area contributed by atoms with Crippen LogP contribution in [0.15, 0.2) is 41.9 Å². The lowest BCUT2D eigenvalue weighted by Crippen LogP contribution is -1.99. The van der Waals surface area contributed by atoms with Crippen LogP contribution in [0.3, 0.4) is 0 Å². The summed E-state index contributed by atoms with van der Waals surface area (Å²) < 4.78 is 1.85. The predicted octanol–water partition coefficient (Wildman–Crippen LogP) is 2.93. The lowest BCUT2D eigenvalue weighted by molar-refractivity contribution is -0.136. The zero-order valence-corrected chi connectivity index (χ0v) is 12.2. The third-order valence-electron chi connectivity index (χ3n) is 3.14. The van der Waals surface area contributed by atoms with E-state index in [1.807, 2.05) is 47.3 Å². The van der Waals surface area contributed by atoms with Crippen LogP contribution in [0.5, 0.6) is 0 Å². The van der Waals surface area contributed by atoms with Gasteiger partial charge in [-0.2, -0.15) is 5.10 Å². The van der Waals surface area contributed by atoms with Crippen molar-refractivity contribution in [2.75, 3.05) is 0 Å². The van der Waals surface area contributed by atoms with E-state index < -0.39 is 5.97 Å². The molecular weight excluding hydrogens is 286 g/mol. The minimum atomic E-state index is -0.868. The molecule has 3 aromatic rings. The first-order valence-electron chi connectivity index (χ1n) is 6.42. The Morgan fingerprint density at radius 1 is 1.33 bits per heavy atom. The summed E-state index contributed by atoms with van der Waals surface area (Å²) in [5.74, 6) is -0.868. The third-order valence-corrected chi connectivity index (χ3v) is 3.99. The Bertz CT molecular complexity index is 777. The van der Waals surface area contributed by atoms with Crippen LogP contribution in [0.1, 0.15) is 10.7 Å². The van der Waals surface area contributed by atoms with Gasteiger partial charge in [-0.3, -0.25) is 4.79 Å². The first-order chi connectivity index (χ1) is 10.1. The minimum Gasteiger partial charge on any atom is -0.481 e. The van der Waals surface area contributed by atoms with Gasteiger partial charge >= 0.3 is 5.97 Å². The van der Waals surface area contributed by atoms with Crippen LogP contribution < -0.4 is 0 Å². The number of para-hydroxylation sites is 1. The van der Waals surface area contributed by atoms with Gasteiger partial charge in [-0.05, 0) is 19.1 Å². The molecular formula is C15H13N3O2S. The summed E-state index contributed by atoms with van der Waals surface area (Å²) in [5, 5.41) is 15.7. The van der Waals surface area contributed by atoms with E-state index in [1.165, 1.54) is 11.3 Å². The van der Waals surface area contributed by atoms with Crippen LogP contribution in [0, 0.1) is 6.92 Å². The van der Waals surface area contributed by atoms with E-state index in [4.69, 9.17) is 5.11 Å². The van der Waals surface area contributed by atoms with Crippen molar-refractivity contribution in [2.24, 2.45) is 0 Å². The van der Waals surface area contributed by atoms with Crippen molar-refractivity contribution in [2.45, 2.75) is 13.3 Å². The third kappa shape index (κ3) is 2.71. The van der Waals surface area contributed by atoms with Crippen molar-refractivity contribution < 1.29 is 9.90 Å². The number of carboxylic acids is 1. The molecule has 0 atom stereocenters. The van der Waals surface area contributed by atoms with E-state index in [2.05, 4.69) is 10.1 Å². The number of aromatic nitrogens is 3. The van der Waals surface area contributed by atoms with Gasteiger partial charge < -0.3 is 5.11 Å². The number of aliphatic carboxylic acids is 1. The Morgan fingerprint density at radius 3 is 2.81 bits per heavy atom. The van der Waals surface area contributed by atoms with Gasteiger partial charge in [0.05, 0.1) is 29.7 Å².